The number of aromatic nitrogens is 1. The molecule has 3 saturated heterocycles. The molecule has 4 aliphatic heterocycles. The van der Waals surface area contributed by atoms with Crippen molar-refractivity contribution < 1.29 is 27.5 Å². The Balaban J connectivity index is 1.19. The molecule has 0 spiro atoms. The zero-order valence-corrected chi connectivity index (χ0v) is 29.5. The number of benzene rings is 1. The van der Waals surface area contributed by atoms with Crippen molar-refractivity contribution in [2.24, 2.45) is 16.7 Å². The first kappa shape index (κ1) is 31.6. The molecule has 10 nitrogen and oxygen atoms in total. The number of likely N-dealkylation sites (tertiary alicyclic amines) is 1. The molecule has 0 bridgehead atoms. The summed E-state index contributed by atoms with van der Waals surface area (Å²) in [7, 11) is -2.12. The molecule has 1 aromatic carbocycles. The highest BCUT2D eigenvalue weighted by atomic mass is 32.2. The van der Waals surface area contributed by atoms with Crippen LogP contribution in [0.1, 0.15) is 75.5 Å². The topological polar surface area (TPSA) is 119 Å². The standard InChI is InChI=1S/C38H46N4O6S/c1-22(2)49(45,46)40-35(43)33-28-15-42-29(14-27-30(47-3)13-12-24(34(27)42)23-8-5-4-6-9-23)31-25(32(28)33)10-7-11-26(31)36(44)41-18-37-16-39-17-38(37,19-41)21-48-20-37/h7,10,12-14,22-23,26,31,39H,4-6,8-9,11,15-21H2,1-3H3,(H,40,43)/t26-,31?,37?,38?/m1/s1. The lowest BCUT2D eigenvalue weighted by Crippen LogP contribution is -2.42. The van der Waals surface area contributed by atoms with Crippen molar-refractivity contribution in [2.45, 2.75) is 76.0 Å². The van der Waals surface area contributed by atoms with E-state index in [2.05, 4.69) is 49.9 Å². The molecule has 7 aliphatic rings. The Labute approximate surface area is 288 Å². The Bertz CT molecular complexity index is 1970. The molecule has 11 heteroatoms. The number of amides is 2. The molecule has 1 aromatic heterocycles. The molecule has 0 radical (unpaired) electrons. The highest BCUT2D eigenvalue weighted by Crippen LogP contribution is 2.57. The maximum Gasteiger partial charge on any atom is 0.265 e. The van der Waals surface area contributed by atoms with E-state index < -0.39 is 21.2 Å². The number of rotatable bonds is 6. The van der Waals surface area contributed by atoms with E-state index in [9.17, 15) is 18.0 Å². The Morgan fingerprint density at radius 2 is 1.82 bits per heavy atom. The molecule has 4 atom stereocenters. The normalized spacial score (nSPS) is 30.7. The zero-order chi connectivity index (χ0) is 33.9. The molecule has 2 amide bonds. The lowest BCUT2D eigenvalue weighted by Gasteiger charge is -2.34. The van der Waals surface area contributed by atoms with Crippen LogP contribution in [0.25, 0.3) is 10.9 Å². The maximum absolute atomic E-state index is 14.9. The molecular formula is C38H46N4O6S. The molecule has 49 heavy (non-hydrogen) atoms. The van der Waals surface area contributed by atoms with Gasteiger partial charge in [-0.2, -0.15) is 0 Å². The predicted molar refractivity (Wildman–Crippen MR) is 186 cm³/mol. The second-order valence-electron chi connectivity index (χ2n) is 15.9. The highest BCUT2D eigenvalue weighted by Gasteiger charge is 2.65. The second kappa shape index (κ2) is 11.0. The quantitative estimate of drug-likeness (QED) is 0.466. The minimum absolute atomic E-state index is 0.0482. The van der Waals surface area contributed by atoms with Crippen molar-refractivity contribution >= 4 is 32.7 Å². The van der Waals surface area contributed by atoms with Crippen LogP contribution in [0, 0.1) is 16.7 Å². The summed E-state index contributed by atoms with van der Waals surface area (Å²) in [5.41, 5.74) is 6.44. The maximum atomic E-state index is 14.9. The van der Waals surface area contributed by atoms with Crippen LogP contribution >= 0.6 is 0 Å². The summed E-state index contributed by atoms with van der Waals surface area (Å²) in [6.07, 6.45) is 10.7. The molecule has 2 N–H and O–H groups in total. The van der Waals surface area contributed by atoms with Crippen molar-refractivity contribution in [3.8, 4) is 5.75 Å². The van der Waals surface area contributed by atoms with Gasteiger partial charge in [-0.05, 0) is 73.4 Å². The number of hydrogen-bond donors (Lipinski definition) is 2. The first-order valence-electron chi connectivity index (χ1n) is 18.1. The van der Waals surface area contributed by atoms with Gasteiger partial charge in [-0.1, -0.05) is 37.5 Å². The van der Waals surface area contributed by atoms with E-state index in [1.54, 1.807) is 21.0 Å². The molecule has 2 aromatic rings. The fourth-order valence-corrected chi connectivity index (χ4v) is 10.9. The van der Waals surface area contributed by atoms with Gasteiger partial charge in [0.25, 0.3) is 5.91 Å². The highest BCUT2D eigenvalue weighted by molar-refractivity contribution is 7.90. The smallest absolute Gasteiger partial charge is 0.265 e. The van der Waals surface area contributed by atoms with E-state index in [-0.39, 0.29) is 28.6 Å². The molecule has 3 aliphatic carbocycles. The van der Waals surface area contributed by atoms with Gasteiger partial charge in [0.2, 0.25) is 15.9 Å². The Kier molecular flexibility index (Phi) is 7.11. The van der Waals surface area contributed by atoms with Crippen molar-refractivity contribution in [1.29, 1.82) is 0 Å². The van der Waals surface area contributed by atoms with Crippen molar-refractivity contribution in [3.63, 3.8) is 0 Å². The number of hydrogen-bond acceptors (Lipinski definition) is 7. The van der Waals surface area contributed by atoms with E-state index in [0.29, 0.717) is 50.8 Å². The molecule has 3 unspecified atom stereocenters. The Hall–Kier alpha value is -3.41. The van der Waals surface area contributed by atoms with Gasteiger partial charge in [0, 0.05) is 60.6 Å². The minimum Gasteiger partial charge on any atom is -0.496 e. The van der Waals surface area contributed by atoms with Crippen LogP contribution in [0.4, 0.5) is 0 Å². The third kappa shape index (κ3) is 4.53. The number of allylic oxidation sites excluding steroid dienone is 4. The molecule has 1 saturated carbocycles. The number of nitrogens with zero attached hydrogens (tertiary/aromatic N) is 2. The van der Waals surface area contributed by atoms with Crippen LogP contribution in [0.3, 0.4) is 0 Å². The minimum atomic E-state index is -3.82. The number of nitrogens with one attached hydrogen (secondary N) is 2. The Morgan fingerprint density at radius 1 is 1.08 bits per heavy atom. The second-order valence-corrected chi connectivity index (χ2v) is 18.1. The summed E-state index contributed by atoms with van der Waals surface area (Å²) in [4.78, 5) is 30.7. The predicted octanol–water partition coefficient (Wildman–Crippen LogP) is 4.28. The molecule has 9 rings (SSSR count). The summed E-state index contributed by atoms with van der Waals surface area (Å²) in [6, 6.07) is 6.54. The number of fused-ring (bicyclic) bond motifs is 6. The SMILES string of the molecule is COc1ccc(C2CCCCC2)c2c1cc1n2CC2=C(C(=O)NS(=O)(=O)C(C)C)C2=C2C=CC[C@@H](C(=O)N3CC45CNCC4(COC5)C3)C21. The van der Waals surface area contributed by atoms with Crippen molar-refractivity contribution in [2.75, 3.05) is 46.5 Å². The third-order valence-electron chi connectivity index (χ3n) is 13.0. The lowest BCUT2D eigenvalue weighted by molar-refractivity contribution is -0.136. The van der Waals surface area contributed by atoms with E-state index in [0.717, 1.165) is 65.0 Å². The van der Waals surface area contributed by atoms with Crippen LogP contribution in [0.2, 0.25) is 0 Å². The van der Waals surface area contributed by atoms with Gasteiger partial charge in [0.05, 0.1) is 42.6 Å². The number of ether oxygens (including phenoxy) is 2. The summed E-state index contributed by atoms with van der Waals surface area (Å²) in [5.74, 6) is 0.137. The molecule has 5 heterocycles. The van der Waals surface area contributed by atoms with Crippen LogP contribution in [0.5, 0.6) is 5.75 Å². The van der Waals surface area contributed by atoms with Crippen molar-refractivity contribution in [1.82, 2.24) is 19.5 Å². The summed E-state index contributed by atoms with van der Waals surface area (Å²) < 4.78 is 42.3. The first-order chi connectivity index (χ1) is 23.6. The zero-order valence-electron chi connectivity index (χ0n) is 28.6. The van der Waals surface area contributed by atoms with Gasteiger partial charge in [-0.3, -0.25) is 9.59 Å². The largest absolute Gasteiger partial charge is 0.496 e. The van der Waals surface area contributed by atoms with Crippen LogP contribution in [-0.4, -0.2) is 81.5 Å². The number of carbonyl (C=O) groups is 2. The Morgan fingerprint density at radius 3 is 2.51 bits per heavy atom. The lowest BCUT2D eigenvalue weighted by atomic mass is 9.71. The van der Waals surface area contributed by atoms with Crippen LogP contribution in [0.15, 0.2) is 52.6 Å². The monoisotopic (exact) mass is 686 g/mol. The van der Waals surface area contributed by atoms with Gasteiger partial charge >= 0.3 is 0 Å². The first-order valence-corrected chi connectivity index (χ1v) is 19.6. The molecule has 260 valence electrons. The summed E-state index contributed by atoms with van der Waals surface area (Å²) in [5, 5.41) is 3.88. The third-order valence-corrected chi connectivity index (χ3v) is 14.7. The van der Waals surface area contributed by atoms with Crippen LogP contribution < -0.4 is 14.8 Å². The molecular weight excluding hydrogens is 641 g/mol. The van der Waals surface area contributed by atoms with Gasteiger partial charge in [-0.25, -0.2) is 13.1 Å². The number of carbonyl (C=O) groups excluding carboxylic acids is 2. The van der Waals surface area contributed by atoms with Crippen LogP contribution in [-0.2, 0) is 30.9 Å². The average molecular weight is 687 g/mol. The van der Waals surface area contributed by atoms with Gasteiger partial charge in [-0.15, -0.1) is 0 Å². The van der Waals surface area contributed by atoms with Gasteiger partial charge in [0.15, 0.2) is 0 Å². The van der Waals surface area contributed by atoms with E-state index in [4.69, 9.17) is 9.47 Å². The summed E-state index contributed by atoms with van der Waals surface area (Å²) in [6.45, 7) is 8.03. The van der Waals surface area contributed by atoms with E-state index in [1.807, 2.05) is 0 Å². The molecule has 4 fully saturated rings. The van der Waals surface area contributed by atoms with E-state index >= 15 is 0 Å². The fraction of sp³-hybridized carbons (Fsp3) is 0.579. The number of methoxy groups -OCH3 is 1. The number of sulfonamides is 1. The van der Waals surface area contributed by atoms with Crippen molar-refractivity contribution in [3.05, 3.63) is 63.9 Å². The summed E-state index contributed by atoms with van der Waals surface area (Å²) >= 11 is 0. The van der Waals surface area contributed by atoms with E-state index in [1.165, 1.54) is 24.8 Å². The van der Waals surface area contributed by atoms with Gasteiger partial charge in [0.1, 0.15) is 5.75 Å². The fourth-order valence-electron chi connectivity index (χ4n) is 10.3. The van der Waals surface area contributed by atoms with Gasteiger partial charge < -0.3 is 24.3 Å². The average Bonchev–Trinajstić information content (AvgIpc) is 3.26.